The van der Waals surface area contributed by atoms with Gasteiger partial charge in [0.15, 0.2) is 0 Å². The minimum Gasteiger partial charge on any atom is -0.349 e. The molecule has 1 amide bonds. The van der Waals surface area contributed by atoms with Crippen molar-refractivity contribution in [3.05, 3.63) is 63.6 Å². The minimum absolute atomic E-state index is 0.152. The number of carbonyl (C=O) groups excluding carboxylic acids is 1. The van der Waals surface area contributed by atoms with Crippen LogP contribution in [0, 0.1) is 18.6 Å². The lowest BCUT2D eigenvalue weighted by atomic mass is 9.96. The summed E-state index contributed by atoms with van der Waals surface area (Å²) in [5, 5.41) is 0.535. The van der Waals surface area contributed by atoms with E-state index in [4.69, 9.17) is 11.6 Å². The molecule has 2 saturated heterocycles. The summed E-state index contributed by atoms with van der Waals surface area (Å²) in [6.45, 7) is 11.7. The van der Waals surface area contributed by atoms with Crippen molar-refractivity contribution < 1.29 is 18.0 Å². The van der Waals surface area contributed by atoms with E-state index in [-0.39, 0.29) is 34.6 Å². The first kappa shape index (κ1) is 30.0. The lowest BCUT2D eigenvalue weighted by molar-refractivity contribution is -0.128. The van der Waals surface area contributed by atoms with Crippen molar-refractivity contribution in [3.63, 3.8) is 0 Å². The topological polar surface area (TPSA) is 61.7 Å². The zero-order valence-corrected chi connectivity index (χ0v) is 25.8. The predicted molar refractivity (Wildman–Crippen MR) is 165 cm³/mol. The van der Waals surface area contributed by atoms with Gasteiger partial charge in [0.05, 0.1) is 16.6 Å². The van der Waals surface area contributed by atoms with Gasteiger partial charge in [0.1, 0.15) is 23.6 Å². The van der Waals surface area contributed by atoms with Gasteiger partial charge in [-0.1, -0.05) is 18.2 Å². The summed E-state index contributed by atoms with van der Waals surface area (Å²) in [6.07, 6.45) is 0.874. The lowest BCUT2D eigenvalue weighted by Gasteiger charge is -2.45. The third-order valence-corrected chi connectivity index (χ3v) is 10.3. The Hall–Kier alpha value is -3.02. The normalized spacial score (nSPS) is 24.2. The standard InChI is InChI=1S/C31H33ClF3N5O2S/c1-5-26(41)38-11-18(4)39(12-17(38)3)30-22-8-16(2)27(21-9-23(32)25(35)10-24(21)34)29-28(22)40(31(42)36-30)20(15-43-29)14-37-7-6-19(33)13-37/h5,8-10,17-20H,1,6-7,11-15H2,2-4H3/t17-,18+,19?,20?/m1/s1. The van der Waals surface area contributed by atoms with Crippen molar-refractivity contribution in [2.24, 2.45) is 0 Å². The van der Waals surface area contributed by atoms with Crippen LogP contribution in [0.2, 0.25) is 5.02 Å². The van der Waals surface area contributed by atoms with Gasteiger partial charge >= 0.3 is 5.69 Å². The number of alkyl halides is 1. The second kappa shape index (κ2) is 11.5. The molecule has 0 N–H and O–H groups in total. The van der Waals surface area contributed by atoms with Crippen LogP contribution in [0.15, 0.2) is 40.5 Å². The highest BCUT2D eigenvalue weighted by Crippen LogP contribution is 2.47. The van der Waals surface area contributed by atoms with Crippen LogP contribution in [0.25, 0.3) is 22.0 Å². The molecule has 0 aliphatic carbocycles. The first-order valence-electron chi connectivity index (χ1n) is 14.4. The highest BCUT2D eigenvalue weighted by molar-refractivity contribution is 7.99. The van der Waals surface area contributed by atoms with Gasteiger partial charge in [0, 0.05) is 78.0 Å². The molecule has 4 heterocycles. The van der Waals surface area contributed by atoms with Crippen molar-refractivity contribution in [2.45, 2.75) is 56.4 Å². The van der Waals surface area contributed by atoms with Crippen LogP contribution in [0.4, 0.5) is 19.0 Å². The van der Waals surface area contributed by atoms with Crippen LogP contribution in [-0.2, 0) is 4.79 Å². The number of piperazine rings is 1. The monoisotopic (exact) mass is 631 g/mol. The fourth-order valence-corrected chi connectivity index (χ4v) is 8.26. The summed E-state index contributed by atoms with van der Waals surface area (Å²) < 4.78 is 45.2. The predicted octanol–water partition coefficient (Wildman–Crippen LogP) is 5.61. The van der Waals surface area contributed by atoms with Crippen molar-refractivity contribution in [2.75, 3.05) is 43.4 Å². The summed E-state index contributed by atoms with van der Waals surface area (Å²) in [5.74, 6) is -0.746. The quantitative estimate of drug-likeness (QED) is 0.270. The minimum atomic E-state index is -0.892. The van der Waals surface area contributed by atoms with E-state index in [0.29, 0.717) is 66.7 Å². The molecule has 2 aromatic carbocycles. The SMILES string of the molecule is C=CC(=O)N1C[C@H](C)N(c2nc(=O)n3c4c(c(-c5cc(Cl)c(F)cc5F)c(C)cc24)SCC3CN2CCC(F)C2)C[C@H]1C. The van der Waals surface area contributed by atoms with Crippen molar-refractivity contribution in [3.8, 4) is 11.1 Å². The van der Waals surface area contributed by atoms with Crippen LogP contribution >= 0.6 is 23.4 Å². The Morgan fingerprint density at radius 3 is 2.63 bits per heavy atom. The molecule has 3 aromatic rings. The van der Waals surface area contributed by atoms with Gasteiger partial charge in [-0.15, -0.1) is 11.8 Å². The van der Waals surface area contributed by atoms with E-state index in [1.165, 1.54) is 23.9 Å². The number of halogens is 4. The molecule has 4 atom stereocenters. The Labute approximate surface area is 257 Å². The Morgan fingerprint density at radius 2 is 1.93 bits per heavy atom. The second-order valence-electron chi connectivity index (χ2n) is 11.8. The van der Waals surface area contributed by atoms with Crippen molar-refractivity contribution >= 4 is 46.0 Å². The first-order chi connectivity index (χ1) is 20.5. The summed E-state index contributed by atoms with van der Waals surface area (Å²) in [4.78, 5) is 37.6. The molecule has 12 heteroatoms. The molecule has 43 heavy (non-hydrogen) atoms. The Balaban J connectivity index is 1.56. The number of thioether (sulfide) groups is 1. The van der Waals surface area contributed by atoms with Crippen LogP contribution in [0.3, 0.4) is 0 Å². The summed E-state index contributed by atoms with van der Waals surface area (Å²) in [6, 6.07) is 3.38. The Kier molecular flexibility index (Phi) is 8.02. The molecule has 0 radical (unpaired) electrons. The average Bonchev–Trinajstić information content (AvgIpc) is 3.38. The maximum absolute atomic E-state index is 15.3. The van der Waals surface area contributed by atoms with E-state index in [1.54, 1.807) is 9.47 Å². The van der Waals surface area contributed by atoms with Gasteiger partial charge in [0.2, 0.25) is 5.91 Å². The van der Waals surface area contributed by atoms with Gasteiger partial charge in [-0.05, 0) is 51.0 Å². The number of likely N-dealkylation sites (tertiary alicyclic amines) is 1. The molecule has 0 bridgehead atoms. The van der Waals surface area contributed by atoms with Crippen molar-refractivity contribution in [1.29, 1.82) is 0 Å². The number of carbonyl (C=O) groups is 1. The smallest absolute Gasteiger partial charge is 0.349 e. The third-order valence-electron chi connectivity index (χ3n) is 8.81. The fourth-order valence-electron chi connectivity index (χ4n) is 6.72. The zero-order chi connectivity index (χ0) is 30.7. The molecule has 2 unspecified atom stereocenters. The molecular weight excluding hydrogens is 599 g/mol. The maximum Gasteiger partial charge on any atom is 0.350 e. The molecule has 0 saturated carbocycles. The van der Waals surface area contributed by atoms with E-state index in [0.717, 1.165) is 17.0 Å². The van der Waals surface area contributed by atoms with Crippen LogP contribution < -0.4 is 10.6 Å². The van der Waals surface area contributed by atoms with Gasteiger partial charge in [-0.3, -0.25) is 14.3 Å². The van der Waals surface area contributed by atoms with Gasteiger partial charge in [0.25, 0.3) is 0 Å². The number of benzene rings is 2. The molecular formula is C31H33ClF3N5O2S. The number of aromatic nitrogens is 2. The van der Waals surface area contributed by atoms with Crippen LogP contribution in [0.5, 0.6) is 0 Å². The van der Waals surface area contributed by atoms with E-state index in [1.807, 2.05) is 31.7 Å². The number of amides is 1. The number of nitrogens with zero attached hydrogens (tertiary/aromatic N) is 5. The number of rotatable bonds is 5. The molecule has 3 aliphatic rings. The van der Waals surface area contributed by atoms with Gasteiger partial charge in [-0.2, -0.15) is 4.98 Å². The lowest BCUT2D eigenvalue weighted by Crippen LogP contribution is -2.58. The van der Waals surface area contributed by atoms with E-state index < -0.39 is 23.5 Å². The number of anilines is 1. The molecule has 1 aromatic heterocycles. The van der Waals surface area contributed by atoms with Crippen LogP contribution in [-0.4, -0.2) is 82.0 Å². The molecule has 0 spiro atoms. The van der Waals surface area contributed by atoms with E-state index in [9.17, 15) is 18.4 Å². The summed E-state index contributed by atoms with van der Waals surface area (Å²) in [5.41, 5.74) is 1.61. The average molecular weight is 632 g/mol. The zero-order valence-electron chi connectivity index (χ0n) is 24.2. The second-order valence-corrected chi connectivity index (χ2v) is 13.2. The van der Waals surface area contributed by atoms with E-state index >= 15 is 4.39 Å². The number of aryl methyl sites for hydroxylation is 1. The molecule has 6 rings (SSSR count). The van der Waals surface area contributed by atoms with Gasteiger partial charge in [-0.25, -0.2) is 18.0 Å². The van der Waals surface area contributed by atoms with Crippen molar-refractivity contribution in [1.82, 2.24) is 19.4 Å². The van der Waals surface area contributed by atoms with E-state index in [2.05, 4.69) is 16.5 Å². The molecule has 7 nitrogen and oxygen atoms in total. The largest absolute Gasteiger partial charge is 0.350 e. The van der Waals surface area contributed by atoms with Gasteiger partial charge < -0.3 is 9.80 Å². The van der Waals surface area contributed by atoms with Crippen LogP contribution in [0.1, 0.15) is 31.9 Å². The summed E-state index contributed by atoms with van der Waals surface area (Å²) in [7, 11) is 0. The Morgan fingerprint density at radius 1 is 1.16 bits per heavy atom. The number of hydrogen-bond acceptors (Lipinski definition) is 6. The highest BCUT2D eigenvalue weighted by Gasteiger charge is 2.36. The highest BCUT2D eigenvalue weighted by atomic mass is 35.5. The fraction of sp³-hybridized carbons (Fsp3) is 0.452. The molecule has 2 fully saturated rings. The Bertz CT molecular complexity index is 1700. The first-order valence-corrected chi connectivity index (χ1v) is 15.8. The number of hydrogen-bond donors (Lipinski definition) is 0. The maximum atomic E-state index is 15.3. The molecule has 228 valence electrons. The summed E-state index contributed by atoms with van der Waals surface area (Å²) >= 11 is 7.62. The third kappa shape index (κ3) is 5.23. The molecule has 3 aliphatic heterocycles.